The van der Waals surface area contributed by atoms with Crippen molar-refractivity contribution in [2.75, 3.05) is 0 Å². The summed E-state index contributed by atoms with van der Waals surface area (Å²) < 4.78 is 19.1. The average Bonchev–Trinajstić information content (AvgIpc) is 2.74. The fourth-order valence-corrected chi connectivity index (χ4v) is 1.29. The maximum Gasteiger partial charge on any atom is 0.357 e. The molecule has 2 aromatic heterocycles. The van der Waals surface area contributed by atoms with Crippen molar-refractivity contribution in [1.29, 1.82) is 0 Å². The SMILES string of the molecule is Cn1cc(-c2nc(C(=O)O)co2)cc(F)c1=O. The number of carboxylic acid groups (broad SMARTS) is 1. The Kier molecular flexibility index (Phi) is 2.51. The molecule has 0 aliphatic rings. The molecular weight excluding hydrogens is 231 g/mol. The number of oxazole rings is 1. The summed E-state index contributed by atoms with van der Waals surface area (Å²) in [5.74, 6) is -2.26. The highest BCUT2D eigenvalue weighted by Gasteiger charge is 2.14. The number of pyridine rings is 1. The molecule has 2 heterocycles. The van der Waals surface area contributed by atoms with Gasteiger partial charge in [0.05, 0.1) is 5.56 Å². The van der Waals surface area contributed by atoms with Crippen LogP contribution in [-0.4, -0.2) is 20.6 Å². The first-order valence-corrected chi connectivity index (χ1v) is 4.54. The lowest BCUT2D eigenvalue weighted by Crippen LogP contribution is -2.19. The number of halogens is 1. The molecule has 0 saturated carbocycles. The number of aromatic carboxylic acids is 1. The van der Waals surface area contributed by atoms with Crippen molar-refractivity contribution in [3.05, 3.63) is 40.4 Å². The summed E-state index contributed by atoms with van der Waals surface area (Å²) in [6.45, 7) is 0. The molecule has 0 radical (unpaired) electrons. The van der Waals surface area contributed by atoms with E-state index in [1.54, 1.807) is 0 Å². The van der Waals surface area contributed by atoms with E-state index in [0.717, 1.165) is 16.9 Å². The smallest absolute Gasteiger partial charge is 0.357 e. The van der Waals surface area contributed by atoms with Crippen LogP contribution in [0, 0.1) is 5.82 Å². The van der Waals surface area contributed by atoms with E-state index in [-0.39, 0.29) is 17.1 Å². The minimum atomic E-state index is -1.25. The third-order valence-electron chi connectivity index (χ3n) is 2.11. The summed E-state index contributed by atoms with van der Waals surface area (Å²) in [5, 5.41) is 8.65. The number of nitrogens with zero attached hydrogens (tertiary/aromatic N) is 2. The van der Waals surface area contributed by atoms with Crippen molar-refractivity contribution in [1.82, 2.24) is 9.55 Å². The summed E-state index contributed by atoms with van der Waals surface area (Å²) in [6, 6.07) is 0.944. The third-order valence-corrected chi connectivity index (χ3v) is 2.11. The van der Waals surface area contributed by atoms with Gasteiger partial charge in [-0.15, -0.1) is 0 Å². The Hall–Kier alpha value is -2.44. The Labute approximate surface area is 93.9 Å². The Balaban J connectivity index is 2.53. The monoisotopic (exact) mass is 238 g/mol. The van der Waals surface area contributed by atoms with Crippen LogP contribution in [0.1, 0.15) is 10.5 Å². The zero-order valence-corrected chi connectivity index (χ0v) is 8.68. The fraction of sp³-hybridized carbons (Fsp3) is 0.100. The second-order valence-corrected chi connectivity index (χ2v) is 3.34. The molecule has 88 valence electrons. The van der Waals surface area contributed by atoms with Crippen molar-refractivity contribution in [3.8, 4) is 11.5 Å². The van der Waals surface area contributed by atoms with Crippen molar-refractivity contribution >= 4 is 5.97 Å². The number of carbonyl (C=O) groups is 1. The molecule has 2 aromatic rings. The van der Waals surface area contributed by atoms with Crippen LogP contribution in [0.4, 0.5) is 4.39 Å². The van der Waals surface area contributed by atoms with Gasteiger partial charge in [0.2, 0.25) is 5.89 Å². The van der Waals surface area contributed by atoms with E-state index in [2.05, 4.69) is 4.98 Å². The van der Waals surface area contributed by atoms with E-state index >= 15 is 0 Å². The Morgan fingerprint density at radius 1 is 1.59 bits per heavy atom. The summed E-state index contributed by atoms with van der Waals surface area (Å²) in [5.41, 5.74) is -0.870. The van der Waals surface area contributed by atoms with Crippen LogP contribution < -0.4 is 5.56 Å². The molecular formula is C10H7FN2O4. The first-order chi connectivity index (χ1) is 7.99. The number of hydrogen-bond acceptors (Lipinski definition) is 4. The molecule has 0 unspecified atom stereocenters. The standard InChI is InChI=1S/C10H7FN2O4/c1-13-3-5(2-6(11)9(13)14)8-12-7(4-17-8)10(15)16/h2-4H,1H3,(H,15,16). The molecule has 0 aromatic carbocycles. The van der Waals surface area contributed by atoms with Gasteiger partial charge in [0.25, 0.3) is 5.56 Å². The molecule has 0 bridgehead atoms. The van der Waals surface area contributed by atoms with Gasteiger partial charge in [-0.2, -0.15) is 0 Å². The minimum Gasteiger partial charge on any atom is -0.476 e. The van der Waals surface area contributed by atoms with E-state index in [4.69, 9.17) is 9.52 Å². The molecule has 6 nitrogen and oxygen atoms in total. The van der Waals surface area contributed by atoms with Gasteiger partial charge in [-0.3, -0.25) is 4.79 Å². The predicted octanol–water partition coefficient (Wildman–Crippen LogP) is 0.878. The summed E-state index contributed by atoms with van der Waals surface area (Å²) in [7, 11) is 1.37. The van der Waals surface area contributed by atoms with Gasteiger partial charge in [0.15, 0.2) is 11.5 Å². The first-order valence-electron chi connectivity index (χ1n) is 4.54. The maximum atomic E-state index is 13.2. The first kappa shape index (κ1) is 11.1. The Bertz CT molecular complexity index is 618. The van der Waals surface area contributed by atoms with Crippen molar-refractivity contribution in [2.45, 2.75) is 0 Å². The third kappa shape index (κ3) is 1.94. The van der Waals surface area contributed by atoms with Crippen LogP contribution in [-0.2, 0) is 7.05 Å². The zero-order valence-electron chi connectivity index (χ0n) is 8.68. The van der Waals surface area contributed by atoms with Gasteiger partial charge in [0.1, 0.15) is 6.26 Å². The molecule has 0 spiro atoms. The highest BCUT2D eigenvalue weighted by Crippen LogP contribution is 2.17. The van der Waals surface area contributed by atoms with Crippen molar-refractivity contribution in [2.24, 2.45) is 7.05 Å². The topological polar surface area (TPSA) is 85.3 Å². The minimum absolute atomic E-state index is 0.0584. The van der Waals surface area contributed by atoms with E-state index in [1.807, 2.05) is 0 Å². The highest BCUT2D eigenvalue weighted by atomic mass is 19.1. The highest BCUT2D eigenvalue weighted by molar-refractivity contribution is 5.85. The number of carboxylic acids is 1. The Morgan fingerprint density at radius 2 is 2.29 bits per heavy atom. The van der Waals surface area contributed by atoms with E-state index in [9.17, 15) is 14.0 Å². The number of hydrogen-bond donors (Lipinski definition) is 1. The lowest BCUT2D eigenvalue weighted by Gasteiger charge is -2.00. The second-order valence-electron chi connectivity index (χ2n) is 3.34. The van der Waals surface area contributed by atoms with E-state index in [1.165, 1.54) is 13.2 Å². The van der Waals surface area contributed by atoms with Crippen LogP contribution in [0.25, 0.3) is 11.5 Å². The normalized spacial score (nSPS) is 10.5. The molecule has 0 fully saturated rings. The summed E-state index contributed by atoms with van der Waals surface area (Å²) in [6.07, 6.45) is 2.25. The van der Waals surface area contributed by atoms with Crippen LogP contribution in [0.15, 0.2) is 27.7 Å². The van der Waals surface area contributed by atoms with Gasteiger partial charge in [-0.05, 0) is 6.07 Å². The van der Waals surface area contributed by atoms with Crippen LogP contribution >= 0.6 is 0 Å². The van der Waals surface area contributed by atoms with Gasteiger partial charge in [-0.25, -0.2) is 14.2 Å². The largest absolute Gasteiger partial charge is 0.476 e. The molecule has 1 N–H and O–H groups in total. The van der Waals surface area contributed by atoms with Crippen molar-refractivity contribution < 1.29 is 18.7 Å². The second kappa shape index (κ2) is 3.85. The molecule has 0 aliphatic heterocycles. The molecule has 2 rings (SSSR count). The van der Waals surface area contributed by atoms with Gasteiger partial charge < -0.3 is 14.1 Å². The molecule has 0 atom stereocenters. The van der Waals surface area contributed by atoms with Gasteiger partial charge in [0, 0.05) is 13.2 Å². The summed E-state index contributed by atoms with van der Waals surface area (Å²) >= 11 is 0. The molecule has 17 heavy (non-hydrogen) atoms. The number of aryl methyl sites for hydroxylation is 1. The van der Waals surface area contributed by atoms with Gasteiger partial charge >= 0.3 is 5.97 Å². The number of aromatic nitrogens is 2. The van der Waals surface area contributed by atoms with E-state index < -0.39 is 17.3 Å². The maximum absolute atomic E-state index is 13.2. The molecule has 0 saturated heterocycles. The lowest BCUT2D eigenvalue weighted by atomic mass is 10.3. The van der Waals surface area contributed by atoms with Crippen LogP contribution in [0.3, 0.4) is 0 Å². The van der Waals surface area contributed by atoms with E-state index in [0.29, 0.717) is 0 Å². The predicted molar refractivity (Wildman–Crippen MR) is 54.1 cm³/mol. The van der Waals surface area contributed by atoms with Crippen molar-refractivity contribution in [3.63, 3.8) is 0 Å². The van der Waals surface area contributed by atoms with Gasteiger partial charge in [-0.1, -0.05) is 0 Å². The Morgan fingerprint density at radius 3 is 2.82 bits per heavy atom. The molecule has 7 heteroatoms. The van der Waals surface area contributed by atoms with Crippen LogP contribution in [0.2, 0.25) is 0 Å². The zero-order chi connectivity index (χ0) is 12.6. The number of rotatable bonds is 2. The molecule has 0 amide bonds. The lowest BCUT2D eigenvalue weighted by molar-refractivity contribution is 0.0690. The quantitative estimate of drug-likeness (QED) is 0.839. The average molecular weight is 238 g/mol. The fourth-order valence-electron chi connectivity index (χ4n) is 1.29. The summed E-state index contributed by atoms with van der Waals surface area (Å²) in [4.78, 5) is 25.3. The van der Waals surface area contributed by atoms with Crippen LogP contribution in [0.5, 0.6) is 0 Å². The molecule has 0 aliphatic carbocycles.